The molecule has 0 atom stereocenters. The first kappa shape index (κ1) is 11.3. The Hall–Kier alpha value is 0.497. The second kappa shape index (κ2) is 15.6. The Balaban J connectivity index is 0. The van der Waals surface area contributed by atoms with E-state index in [9.17, 15) is 0 Å². The van der Waals surface area contributed by atoms with Gasteiger partial charge in [0.2, 0.25) is 0 Å². The van der Waals surface area contributed by atoms with Crippen LogP contribution in [0.1, 0.15) is 0 Å². The van der Waals surface area contributed by atoms with Gasteiger partial charge in [0.1, 0.15) is 8.83 Å². The lowest BCUT2D eigenvalue weighted by Gasteiger charge is -1.67. The highest BCUT2D eigenvalue weighted by molar-refractivity contribution is 6.96. The van der Waals surface area contributed by atoms with E-state index < -0.39 is 0 Å². The monoisotopic (exact) mass is 172 g/mol. The molecule has 0 aromatic heterocycles. The van der Waals surface area contributed by atoms with Crippen LogP contribution >= 0.6 is 22.7 Å². The Morgan fingerprint density at radius 1 is 1.75 bits per heavy atom. The molecule has 0 fully saturated rings. The molecule has 50 valence electrons. The van der Waals surface area contributed by atoms with E-state index >= 15 is 0 Å². The van der Waals surface area contributed by atoms with Crippen molar-refractivity contribution in [2.75, 3.05) is 12.5 Å². The van der Waals surface area contributed by atoms with Gasteiger partial charge in [-0.1, -0.05) is 5.70 Å². The summed E-state index contributed by atoms with van der Waals surface area (Å²) in [5.41, 5.74) is 1.78. The molecule has 0 rings (SSSR count). The number of aliphatic hydroxyl groups is 1. The molecule has 0 spiro atoms. The molecule has 0 unspecified atom stereocenters. The molecule has 8 heavy (non-hydrogen) atoms. The van der Waals surface area contributed by atoms with E-state index in [0.29, 0.717) is 5.88 Å². The first-order valence-electron chi connectivity index (χ1n) is 2.17. The molecule has 0 aromatic rings. The molecule has 0 heterocycles. The van der Waals surface area contributed by atoms with Crippen LogP contribution in [0.2, 0.25) is 0 Å². The number of hydrogen-bond donors (Lipinski definition) is 1. The molecule has 0 amide bonds. The Kier molecular flexibility index (Phi) is 22.1. The maximum absolute atomic E-state index is 7.74. The molecule has 0 saturated carbocycles. The fourth-order valence-corrected chi connectivity index (χ4v) is 0. The minimum Gasteiger partial charge on any atom is -0.395 e. The van der Waals surface area contributed by atoms with E-state index in [1.807, 2.05) is 0 Å². The average molecular weight is 173 g/mol. The van der Waals surface area contributed by atoms with Crippen LogP contribution in [0.3, 0.4) is 0 Å². The molecule has 0 aliphatic carbocycles. The zero-order valence-electron chi connectivity index (χ0n) is 4.61. The maximum atomic E-state index is 7.74. The minimum absolute atomic E-state index is 0.0849. The third kappa shape index (κ3) is 31.5. The van der Waals surface area contributed by atoms with E-state index in [1.165, 1.54) is 0 Å². The Morgan fingerprint density at radius 2 is 2.00 bits per heavy atom. The molecule has 0 aliphatic heterocycles. The highest BCUT2D eigenvalue weighted by Crippen LogP contribution is 1.63. The van der Waals surface area contributed by atoms with Gasteiger partial charge >= 0.3 is 0 Å². The van der Waals surface area contributed by atoms with Crippen LogP contribution in [0.5, 0.6) is 0 Å². The molecular weight excluding hydrogens is 163 g/mol. The van der Waals surface area contributed by atoms with Gasteiger partial charge in [0.05, 0.1) is 6.61 Å². The molecule has 0 bridgehead atoms. The molecule has 1 nitrogen and oxygen atoms in total. The van der Waals surface area contributed by atoms with Gasteiger partial charge in [-0.2, -0.15) is 11.1 Å². The van der Waals surface area contributed by atoms with E-state index in [0.717, 1.165) is 0 Å². The van der Waals surface area contributed by atoms with Gasteiger partial charge in [0, 0.05) is 5.88 Å². The third-order valence-electron chi connectivity index (χ3n) is 0.194. The lowest BCUT2D eigenvalue weighted by Crippen LogP contribution is -1.76. The molecule has 0 saturated heterocycles. The molecule has 1 N–H and O–H groups in total. The quantitative estimate of drug-likeness (QED) is 0.369. The Labute approximate surface area is 61.8 Å². The smallest absolute Gasteiger partial charge is 0.148 e. The van der Waals surface area contributed by atoms with Crippen LogP contribution in [0, 0.1) is 0 Å². The van der Waals surface area contributed by atoms with Crippen molar-refractivity contribution in [2.24, 2.45) is 0 Å². The minimum atomic E-state index is -0.340. The van der Waals surface area contributed by atoms with Crippen LogP contribution in [-0.4, -0.2) is 26.4 Å². The summed E-state index contributed by atoms with van der Waals surface area (Å²) in [5, 5.41) is 7.74. The standard InChI is InChI=1S/C2H5ClO.C2H5ClSi/c3-1-2-4;1-2-4-3/h4H,1-2H2;2H,1,4H2. The van der Waals surface area contributed by atoms with Crippen molar-refractivity contribution in [1.29, 1.82) is 0 Å². The number of rotatable bonds is 2. The molecule has 0 radical (unpaired) electrons. The van der Waals surface area contributed by atoms with E-state index in [2.05, 4.69) is 6.58 Å². The normalized spacial score (nSPS) is 8.38. The average Bonchev–Trinajstić information content (AvgIpc) is 1.88. The zero-order valence-corrected chi connectivity index (χ0v) is 7.53. The first-order valence-corrected chi connectivity index (χ1v) is 5.66. The largest absolute Gasteiger partial charge is 0.395 e. The number of aliphatic hydroxyl groups excluding tert-OH is 1. The summed E-state index contributed by atoms with van der Waals surface area (Å²) in [6.45, 7) is 3.49. The van der Waals surface area contributed by atoms with Crippen molar-refractivity contribution in [3.8, 4) is 0 Å². The lowest BCUT2D eigenvalue weighted by atomic mass is 10.9. The van der Waals surface area contributed by atoms with Crippen LogP contribution in [-0.2, 0) is 0 Å². The Morgan fingerprint density at radius 3 is 2.00 bits per heavy atom. The summed E-state index contributed by atoms with van der Waals surface area (Å²) in [5.74, 6) is 0.347. The summed E-state index contributed by atoms with van der Waals surface area (Å²) >= 11 is 10.1. The SMILES string of the molecule is C=C[SiH2]Cl.OCCCl. The molecule has 0 aromatic carbocycles. The number of alkyl halides is 1. The second-order valence-corrected chi connectivity index (χ2v) is 3.05. The summed E-state index contributed by atoms with van der Waals surface area (Å²) in [6.07, 6.45) is 0. The van der Waals surface area contributed by atoms with Crippen LogP contribution < -0.4 is 0 Å². The van der Waals surface area contributed by atoms with Crippen molar-refractivity contribution >= 4 is 31.5 Å². The zero-order chi connectivity index (χ0) is 6.83. The number of halogens is 2. The highest BCUT2D eigenvalue weighted by atomic mass is 35.6. The first-order chi connectivity index (χ1) is 3.83. The lowest BCUT2D eigenvalue weighted by molar-refractivity contribution is 0.321. The predicted molar refractivity (Wildman–Crippen MR) is 42.4 cm³/mol. The van der Waals surface area contributed by atoms with Crippen LogP contribution in [0.4, 0.5) is 0 Å². The summed E-state index contributed by atoms with van der Waals surface area (Å²) in [4.78, 5) is 0. The summed E-state index contributed by atoms with van der Waals surface area (Å²) in [6, 6.07) is 0. The molecule has 0 aliphatic rings. The second-order valence-electron chi connectivity index (χ2n) is 0.856. The van der Waals surface area contributed by atoms with Crippen LogP contribution in [0.15, 0.2) is 12.3 Å². The fraction of sp³-hybridized carbons (Fsp3) is 0.500. The third-order valence-corrected chi connectivity index (χ3v) is 1.24. The van der Waals surface area contributed by atoms with Gasteiger partial charge in [0.15, 0.2) is 0 Å². The fourth-order valence-electron chi connectivity index (χ4n) is 0. The van der Waals surface area contributed by atoms with Gasteiger partial charge < -0.3 is 5.11 Å². The van der Waals surface area contributed by atoms with E-state index in [-0.39, 0.29) is 15.4 Å². The maximum Gasteiger partial charge on any atom is 0.148 e. The number of hydrogen-bond acceptors (Lipinski definition) is 1. The van der Waals surface area contributed by atoms with Crippen molar-refractivity contribution in [1.82, 2.24) is 0 Å². The van der Waals surface area contributed by atoms with Gasteiger partial charge in [-0.05, 0) is 0 Å². The van der Waals surface area contributed by atoms with Crippen molar-refractivity contribution < 1.29 is 5.11 Å². The van der Waals surface area contributed by atoms with Gasteiger partial charge in [-0.3, -0.25) is 0 Å². The summed E-state index contributed by atoms with van der Waals surface area (Å²) in [7, 11) is -0.340. The van der Waals surface area contributed by atoms with Crippen molar-refractivity contribution in [3.63, 3.8) is 0 Å². The van der Waals surface area contributed by atoms with E-state index in [4.69, 9.17) is 27.8 Å². The molecular formula is C4H10Cl2OSi. The van der Waals surface area contributed by atoms with Crippen molar-refractivity contribution in [2.45, 2.75) is 0 Å². The Bertz CT molecular complexity index is 41.0. The van der Waals surface area contributed by atoms with Crippen LogP contribution in [0.25, 0.3) is 0 Å². The summed E-state index contributed by atoms with van der Waals surface area (Å²) < 4.78 is 0. The van der Waals surface area contributed by atoms with Gasteiger partial charge in [0.25, 0.3) is 0 Å². The van der Waals surface area contributed by atoms with E-state index in [1.54, 1.807) is 5.70 Å². The van der Waals surface area contributed by atoms with Gasteiger partial charge in [-0.15, -0.1) is 18.2 Å². The van der Waals surface area contributed by atoms with Gasteiger partial charge in [-0.25, -0.2) is 0 Å². The molecule has 4 heteroatoms. The van der Waals surface area contributed by atoms with Crippen molar-refractivity contribution in [3.05, 3.63) is 12.3 Å². The highest BCUT2D eigenvalue weighted by Gasteiger charge is 1.60. The topological polar surface area (TPSA) is 20.2 Å². The predicted octanol–water partition coefficient (Wildman–Crippen LogP) is 0.670.